The molecular weight excluding hydrogens is 351 g/mol. The second kappa shape index (κ2) is 9.56. The summed E-state index contributed by atoms with van der Waals surface area (Å²) in [6, 6.07) is 0. The predicted molar refractivity (Wildman–Crippen MR) is 89.7 cm³/mol. The number of hydrogen-bond acceptors (Lipinski definition) is 2. The Bertz CT molecular complexity index is 203. The Labute approximate surface area is 132 Å². The molecule has 0 heterocycles. The standard InChI is InChI=1S/C14H26O2.C2H5I/c15-11-14(16,12-7-3-1-4-8-12)13-9-5-2-6-10-13;1-2-3/h12-13,15-16H,1-11H2;2H2,1H3. The van der Waals surface area contributed by atoms with Crippen molar-refractivity contribution in [2.24, 2.45) is 11.8 Å². The molecule has 0 aromatic carbocycles. The third-order valence-electron chi connectivity index (χ3n) is 4.88. The Kier molecular flexibility index (Phi) is 8.91. The summed E-state index contributed by atoms with van der Waals surface area (Å²) >= 11 is 2.29. The van der Waals surface area contributed by atoms with Crippen LogP contribution in [0.1, 0.15) is 71.1 Å². The molecule has 19 heavy (non-hydrogen) atoms. The molecule has 0 unspecified atom stereocenters. The maximum absolute atomic E-state index is 10.8. The van der Waals surface area contributed by atoms with Crippen LogP contribution in [0.4, 0.5) is 0 Å². The van der Waals surface area contributed by atoms with Crippen molar-refractivity contribution in [1.82, 2.24) is 0 Å². The Morgan fingerprint density at radius 2 is 1.21 bits per heavy atom. The summed E-state index contributed by atoms with van der Waals surface area (Å²) in [7, 11) is 0. The van der Waals surface area contributed by atoms with E-state index in [1.165, 1.54) is 43.0 Å². The van der Waals surface area contributed by atoms with Crippen molar-refractivity contribution >= 4 is 22.6 Å². The van der Waals surface area contributed by atoms with Gasteiger partial charge in [0.2, 0.25) is 0 Å². The van der Waals surface area contributed by atoms with Gasteiger partial charge in [0.15, 0.2) is 0 Å². The fourth-order valence-electron chi connectivity index (χ4n) is 3.80. The molecule has 2 aliphatic rings. The van der Waals surface area contributed by atoms with Gasteiger partial charge < -0.3 is 10.2 Å². The summed E-state index contributed by atoms with van der Waals surface area (Å²) in [5, 5.41) is 20.5. The molecule has 0 atom stereocenters. The van der Waals surface area contributed by atoms with Crippen molar-refractivity contribution in [2.75, 3.05) is 11.0 Å². The molecule has 0 radical (unpaired) electrons. The van der Waals surface area contributed by atoms with E-state index in [-0.39, 0.29) is 6.61 Å². The lowest BCUT2D eigenvalue weighted by molar-refractivity contribution is -0.122. The van der Waals surface area contributed by atoms with Crippen LogP contribution in [0.25, 0.3) is 0 Å². The van der Waals surface area contributed by atoms with Crippen LogP contribution in [0.2, 0.25) is 0 Å². The highest BCUT2D eigenvalue weighted by Gasteiger charge is 2.43. The first-order valence-electron chi connectivity index (χ1n) is 8.08. The van der Waals surface area contributed by atoms with E-state index < -0.39 is 5.60 Å². The number of rotatable bonds is 3. The lowest BCUT2D eigenvalue weighted by Gasteiger charge is -2.44. The highest BCUT2D eigenvalue weighted by molar-refractivity contribution is 14.1. The van der Waals surface area contributed by atoms with Crippen molar-refractivity contribution in [3.63, 3.8) is 0 Å². The SMILES string of the molecule is CCI.OCC(O)(C1CCCCC1)C1CCCCC1. The maximum atomic E-state index is 10.8. The molecule has 2 aliphatic carbocycles. The van der Waals surface area contributed by atoms with Crippen molar-refractivity contribution in [3.05, 3.63) is 0 Å². The van der Waals surface area contributed by atoms with E-state index in [0.717, 1.165) is 25.7 Å². The quantitative estimate of drug-likeness (QED) is 0.564. The van der Waals surface area contributed by atoms with Crippen LogP contribution in [0, 0.1) is 11.8 Å². The molecule has 2 nitrogen and oxygen atoms in total. The van der Waals surface area contributed by atoms with Crippen molar-refractivity contribution in [2.45, 2.75) is 76.7 Å². The van der Waals surface area contributed by atoms with Gasteiger partial charge in [-0.2, -0.15) is 0 Å². The fraction of sp³-hybridized carbons (Fsp3) is 1.00. The van der Waals surface area contributed by atoms with Gasteiger partial charge in [-0.1, -0.05) is 68.0 Å². The minimum absolute atomic E-state index is 0.0255. The van der Waals surface area contributed by atoms with Gasteiger partial charge in [0.1, 0.15) is 0 Å². The van der Waals surface area contributed by atoms with Gasteiger partial charge >= 0.3 is 0 Å². The van der Waals surface area contributed by atoms with Crippen molar-refractivity contribution in [3.8, 4) is 0 Å². The van der Waals surface area contributed by atoms with Crippen LogP contribution in [-0.4, -0.2) is 26.8 Å². The predicted octanol–water partition coefficient (Wildman–Crippen LogP) is 4.31. The zero-order chi connectivity index (χ0) is 14.1. The lowest BCUT2D eigenvalue weighted by atomic mass is 9.67. The number of alkyl halides is 1. The minimum atomic E-state index is -0.763. The molecule has 0 bridgehead atoms. The summed E-state index contributed by atoms with van der Waals surface area (Å²) in [5.41, 5.74) is -0.763. The summed E-state index contributed by atoms with van der Waals surface area (Å²) in [5.74, 6) is 0.712. The van der Waals surface area contributed by atoms with E-state index in [1.54, 1.807) is 0 Å². The smallest absolute Gasteiger partial charge is 0.0933 e. The number of halogens is 1. The zero-order valence-electron chi connectivity index (χ0n) is 12.4. The largest absolute Gasteiger partial charge is 0.393 e. The Morgan fingerprint density at radius 3 is 1.47 bits per heavy atom. The molecule has 0 amide bonds. The molecule has 114 valence electrons. The van der Waals surface area contributed by atoms with Gasteiger partial charge in [-0.3, -0.25) is 0 Å². The van der Waals surface area contributed by atoms with Crippen LogP contribution >= 0.6 is 22.6 Å². The van der Waals surface area contributed by atoms with Crippen LogP contribution in [0.3, 0.4) is 0 Å². The molecule has 3 heteroatoms. The van der Waals surface area contributed by atoms with Crippen LogP contribution in [-0.2, 0) is 0 Å². The first kappa shape index (κ1) is 17.7. The lowest BCUT2D eigenvalue weighted by Crippen LogP contribution is -2.49. The number of aliphatic hydroxyl groups excluding tert-OH is 1. The summed E-state index contributed by atoms with van der Waals surface area (Å²) in [4.78, 5) is 0. The van der Waals surface area contributed by atoms with Gasteiger partial charge in [-0.15, -0.1) is 0 Å². The van der Waals surface area contributed by atoms with Crippen molar-refractivity contribution < 1.29 is 10.2 Å². The third kappa shape index (κ3) is 5.16. The zero-order valence-corrected chi connectivity index (χ0v) is 14.6. The van der Waals surface area contributed by atoms with Gasteiger partial charge in [0.25, 0.3) is 0 Å². The highest BCUT2D eigenvalue weighted by Crippen LogP contribution is 2.42. The maximum Gasteiger partial charge on any atom is 0.0933 e. The monoisotopic (exact) mass is 382 g/mol. The van der Waals surface area contributed by atoms with Crippen molar-refractivity contribution in [1.29, 1.82) is 0 Å². The molecule has 0 spiro atoms. The second-order valence-electron chi connectivity index (χ2n) is 6.09. The highest BCUT2D eigenvalue weighted by atomic mass is 127. The number of hydrogen-bond donors (Lipinski definition) is 2. The molecular formula is C16H31IO2. The van der Waals surface area contributed by atoms with Gasteiger partial charge in [-0.05, 0) is 41.9 Å². The first-order chi connectivity index (χ1) is 9.19. The van der Waals surface area contributed by atoms with E-state index in [1.807, 2.05) is 0 Å². The van der Waals surface area contributed by atoms with E-state index in [4.69, 9.17) is 0 Å². The normalized spacial score (nSPS) is 22.7. The number of aliphatic hydroxyl groups is 2. The van der Waals surface area contributed by atoms with Gasteiger partial charge in [0, 0.05) is 0 Å². The third-order valence-corrected chi connectivity index (χ3v) is 4.88. The Morgan fingerprint density at radius 1 is 0.895 bits per heavy atom. The molecule has 2 fully saturated rings. The molecule has 0 aromatic rings. The molecule has 2 rings (SSSR count). The molecule has 0 saturated heterocycles. The van der Waals surface area contributed by atoms with Crippen LogP contribution < -0.4 is 0 Å². The van der Waals surface area contributed by atoms with Gasteiger partial charge in [-0.25, -0.2) is 0 Å². The molecule has 0 aromatic heterocycles. The van der Waals surface area contributed by atoms with Crippen LogP contribution in [0.5, 0.6) is 0 Å². The topological polar surface area (TPSA) is 40.5 Å². The Hall–Kier alpha value is 0.650. The average Bonchev–Trinajstić information content (AvgIpc) is 2.49. The molecule has 2 N–H and O–H groups in total. The average molecular weight is 382 g/mol. The van der Waals surface area contributed by atoms with E-state index in [0.29, 0.717) is 11.8 Å². The fourth-order valence-corrected chi connectivity index (χ4v) is 3.80. The second-order valence-corrected chi connectivity index (χ2v) is 7.61. The van der Waals surface area contributed by atoms with E-state index >= 15 is 0 Å². The Balaban J connectivity index is 0.000000550. The summed E-state index contributed by atoms with van der Waals surface area (Å²) in [6.07, 6.45) is 12.0. The van der Waals surface area contributed by atoms with E-state index in [2.05, 4.69) is 29.5 Å². The van der Waals surface area contributed by atoms with Gasteiger partial charge in [0.05, 0.1) is 12.2 Å². The minimum Gasteiger partial charge on any atom is -0.393 e. The molecule has 0 aliphatic heterocycles. The molecule has 2 saturated carbocycles. The summed E-state index contributed by atoms with van der Waals surface area (Å²) in [6.45, 7) is 2.09. The van der Waals surface area contributed by atoms with E-state index in [9.17, 15) is 10.2 Å². The van der Waals surface area contributed by atoms with Crippen LogP contribution in [0.15, 0.2) is 0 Å². The summed E-state index contributed by atoms with van der Waals surface area (Å²) < 4.78 is 1.22. The first-order valence-corrected chi connectivity index (χ1v) is 9.60.